The number of rotatable bonds is 4. The second kappa shape index (κ2) is 6.68. The molecule has 6 nitrogen and oxygen atoms in total. The molecular weight excluding hydrogens is 250 g/mol. The standard InChI is InChI=1S/C13H21NO5/c1-8(2)6-7-9-10(12(15)17-4)11(13(16)18-5)19-14(9)3/h6-11H,1-5H3/b7-6+. The first-order valence-corrected chi connectivity index (χ1v) is 6.16. The van der Waals surface area contributed by atoms with Crippen LogP contribution < -0.4 is 0 Å². The van der Waals surface area contributed by atoms with Gasteiger partial charge in [-0.1, -0.05) is 26.0 Å². The molecule has 0 spiro atoms. The smallest absolute Gasteiger partial charge is 0.338 e. The highest BCUT2D eigenvalue weighted by Gasteiger charge is 2.49. The Morgan fingerprint density at radius 3 is 2.26 bits per heavy atom. The average Bonchev–Trinajstić information content (AvgIpc) is 2.71. The van der Waals surface area contributed by atoms with Crippen LogP contribution >= 0.6 is 0 Å². The van der Waals surface area contributed by atoms with E-state index in [0.717, 1.165) is 0 Å². The van der Waals surface area contributed by atoms with Gasteiger partial charge >= 0.3 is 11.9 Å². The molecule has 1 saturated heterocycles. The van der Waals surface area contributed by atoms with Crippen molar-refractivity contribution in [3.8, 4) is 0 Å². The summed E-state index contributed by atoms with van der Waals surface area (Å²) < 4.78 is 9.42. The first-order valence-electron chi connectivity index (χ1n) is 6.16. The number of ether oxygens (including phenoxy) is 2. The number of hydrogen-bond donors (Lipinski definition) is 0. The van der Waals surface area contributed by atoms with Gasteiger partial charge in [-0.25, -0.2) is 4.79 Å². The van der Waals surface area contributed by atoms with Gasteiger partial charge in [0.05, 0.1) is 20.3 Å². The molecule has 19 heavy (non-hydrogen) atoms. The van der Waals surface area contributed by atoms with Crippen LogP contribution in [-0.4, -0.2) is 50.4 Å². The Balaban J connectivity index is 3.00. The van der Waals surface area contributed by atoms with Crippen LogP contribution in [0.15, 0.2) is 12.2 Å². The molecule has 0 radical (unpaired) electrons. The summed E-state index contributed by atoms with van der Waals surface area (Å²) >= 11 is 0. The van der Waals surface area contributed by atoms with Crippen LogP contribution in [0.5, 0.6) is 0 Å². The van der Waals surface area contributed by atoms with Crippen molar-refractivity contribution in [3.63, 3.8) is 0 Å². The molecule has 0 aromatic rings. The first kappa shape index (κ1) is 15.7. The summed E-state index contributed by atoms with van der Waals surface area (Å²) in [6, 6.07) is -0.348. The molecule has 0 aliphatic carbocycles. The fraction of sp³-hybridized carbons (Fsp3) is 0.692. The summed E-state index contributed by atoms with van der Waals surface area (Å²) in [4.78, 5) is 28.9. The fourth-order valence-electron chi connectivity index (χ4n) is 2.00. The van der Waals surface area contributed by atoms with Gasteiger partial charge in [0.25, 0.3) is 0 Å². The van der Waals surface area contributed by atoms with E-state index in [1.54, 1.807) is 7.05 Å². The van der Waals surface area contributed by atoms with Crippen molar-refractivity contribution in [2.45, 2.75) is 26.0 Å². The Morgan fingerprint density at radius 2 is 1.79 bits per heavy atom. The molecule has 3 unspecified atom stereocenters. The van der Waals surface area contributed by atoms with Crippen molar-refractivity contribution in [3.05, 3.63) is 12.2 Å². The maximum atomic E-state index is 11.9. The molecule has 0 bridgehead atoms. The molecule has 0 amide bonds. The van der Waals surface area contributed by atoms with Crippen LogP contribution in [0.2, 0.25) is 0 Å². The first-order chi connectivity index (χ1) is 8.92. The van der Waals surface area contributed by atoms with Gasteiger partial charge in [0.1, 0.15) is 5.92 Å². The van der Waals surface area contributed by atoms with E-state index in [1.807, 2.05) is 26.0 Å². The molecule has 1 aliphatic heterocycles. The van der Waals surface area contributed by atoms with Crippen molar-refractivity contribution in [1.29, 1.82) is 0 Å². The Kier molecular flexibility index (Phi) is 5.50. The van der Waals surface area contributed by atoms with E-state index >= 15 is 0 Å². The monoisotopic (exact) mass is 271 g/mol. The Bertz CT molecular complexity index is 366. The molecule has 3 atom stereocenters. The van der Waals surface area contributed by atoms with Crippen molar-refractivity contribution >= 4 is 11.9 Å². The van der Waals surface area contributed by atoms with E-state index < -0.39 is 24.0 Å². The summed E-state index contributed by atoms with van der Waals surface area (Å²) in [7, 11) is 4.23. The average molecular weight is 271 g/mol. The lowest BCUT2D eigenvalue weighted by molar-refractivity contribution is -0.180. The Morgan fingerprint density at radius 1 is 1.21 bits per heavy atom. The molecule has 6 heteroatoms. The van der Waals surface area contributed by atoms with E-state index in [-0.39, 0.29) is 6.04 Å². The van der Waals surface area contributed by atoms with Crippen LogP contribution in [0.3, 0.4) is 0 Å². The number of nitrogens with zero attached hydrogens (tertiary/aromatic N) is 1. The minimum Gasteiger partial charge on any atom is -0.469 e. The number of hydroxylamine groups is 2. The van der Waals surface area contributed by atoms with E-state index in [1.165, 1.54) is 19.3 Å². The predicted molar refractivity (Wildman–Crippen MR) is 67.9 cm³/mol. The van der Waals surface area contributed by atoms with E-state index in [9.17, 15) is 9.59 Å². The minimum absolute atomic E-state index is 0.337. The van der Waals surface area contributed by atoms with Gasteiger partial charge in [0, 0.05) is 7.05 Å². The van der Waals surface area contributed by atoms with Gasteiger partial charge in [-0.15, -0.1) is 0 Å². The molecule has 0 aromatic heterocycles. The highest BCUT2D eigenvalue weighted by Crippen LogP contribution is 2.29. The number of esters is 2. The van der Waals surface area contributed by atoms with Gasteiger partial charge in [0.2, 0.25) is 0 Å². The highest BCUT2D eigenvalue weighted by atomic mass is 16.7. The summed E-state index contributed by atoms with van der Waals surface area (Å²) in [6.45, 7) is 4.05. The second-order valence-corrected chi connectivity index (χ2v) is 4.76. The summed E-state index contributed by atoms with van der Waals surface area (Å²) in [5, 5.41) is 1.49. The zero-order valence-electron chi connectivity index (χ0n) is 12.0. The van der Waals surface area contributed by atoms with Gasteiger partial charge in [-0.3, -0.25) is 9.63 Å². The number of allylic oxidation sites excluding steroid dienone is 1. The fourth-order valence-corrected chi connectivity index (χ4v) is 2.00. The Hall–Kier alpha value is -1.40. The highest BCUT2D eigenvalue weighted by molar-refractivity contribution is 5.85. The molecule has 0 N–H and O–H groups in total. The predicted octanol–water partition coefficient (Wildman–Crippen LogP) is 0.775. The van der Waals surface area contributed by atoms with E-state index in [0.29, 0.717) is 5.92 Å². The Labute approximate surface area is 113 Å². The lowest BCUT2D eigenvalue weighted by Gasteiger charge is -2.17. The van der Waals surface area contributed by atoms with Crippen LogP contribution in [-0.2, 0) is 23.9 Å². The molecule has 1 heterocycles. The summed E-state index contributed by atoms with van der Waals surface area (Å²) in [5.41, 5.74) is 0. The maximum absolute atomic E-state index is 11.9. The molecule has 0 saturated carbocycles. The lowest BCUT2D eigenvalue weighted by atomic mass is 9.93. The minimum atomic E-state index is -0.968. The molecular formula is C13H21NO5. The van der Waals surface area contributed by atoms with Gasteiger partial charge in [-0.05, 0) is 5.92 Å². The third-order valence-electron chi connectivity index (χ3n) is 2.99. The molecule has 1 aliphatic rings. The summed E-state index contributed by atoms with van der Waals surface area (Å²) in [5.74, 6) is -1.46. The van der Waals surface area contributed by atoms with E-state index in [2.05, 4.69) is 4.74 Å². The van der Waals surface area contributed by atoms with Crippen LogP contribution in [0, 0.1) is 11.8 Å². The number of methoxy groups -OCH3 is 2. The lowest BCUT2D eigenvalue weighted by Crippen LogP contribution is -2.38. The third kappa shape index (κ3) is 3.54. The topological polar surface area (TPSA) is 65.1 Å². The zero-order valence-corrected chi connectivity index (χ0v) is 12.0. The van der Waals surface area contributed by atoms with Gasteiger partial charge in [-0.2, -0.15) is 5.06 Å². The maximum Gasteiger partial charge on any atom is 0.338 e. The largest absolute Gasteiger partial charge is 0.469 e. The van der Waals surface area contributed by atoms with E-state index in [4.69, 9.17) is 9.57 Å². The SMILES string of the molecule is COC(=O)C1ON(C)C(/C=C/C(C)C)C1C(=O)OC. The normalized spacial score (nSPS) is 28.0. The summed E-state index contributed by atoms with van der Waals surface area (Å²) in [6.07, 6.45) is 2.85. The van der Waals surface area contributed by atoms with Crippen molar-refractivity contribution in [1.82, 2.24) is 5.06 Å². The number of hydrogen-bond acceptors (Lipinski definition) is 6. The number of likely N-dealkylation sites (N-methyl/N-ethyl adjacent to an activating group) is 1. The van der Waals surface area contributed by atoms with Crippen LogP contribution in [0.25, 0.3) is 0 Å². The van der Waals surface area contributed by atoms with Gasteiger partial charge in [0.15, 0.2) is 6.10 Å². The zero-order chi connectivity index (χ0) is 14.6. The van der Waals surface area contributed by atoms with Gasteiger partial charge < -0.3 is 9.47 Å². The third-order valence-corrected chi connectivity index (χ3v) is 2.99. The van der Waals surface area contributed by atoms with Crippen LogP contribution in [0.4, 0.5) is 0 Å². The molecule has 1 rings (SSSR count). The molecule has 1 fully saturated rings. The number of carbonyl (C=O) groups is 2. The quantitative estimate of drug-likeness (QED) is 0.556. The molecule has 108 valence electrons. The van der Waals surface area contributed by atoms with Crippen LogP contribution in [0.1, 0.15) is 13.8 Å². The number of carbonyl (C=O) groups excluding carboxylic acids is 2. The van der Waals surface area contributed by atoms with Crippen molar-refractivity contribution in [2.24, 2.45) is 11.8 Å². The van der Waals surface area contributed by atoms with Crippen molar-refractivity contribution in [2.75, 3.05) is 21.3 Å². The van der Waals surface area contributed by atoms with Crippen molar-refractivity contribution < 1.29 is 23.9 Å². The molecule has 0 aromatic carbocycles. The second-order valence-electron chi connectivity index (χ2n) is 4.76.